The van der Waals surface area contributed by atoms with Crippen LogP contribution >= 0.6 is 0 Å². The number of H-pyrrole nitrogens is 1. The highest BCUT2D eigenvalue weighted by atomic mass is 16.4. The monoisotopic (exact) mass is 2080 g/mol. The number of aliphatic hydroxyl groups excluding tert-OH is 1. The Labute approximate surface area is 872 Å². The van der Waals surface area contributed by atoms with Crippen LogP contribution in [-0.4, -0.2) is 284 Å². The van der Waals surface area contributed by atoms with E-state index in [0.29, 0.717) is 66.1 Å². The molecule has 0 spiro atoms. The van der Waals surface area contributed by atoms with Gasteiger partial charge in [-0.25, -0.2) is 32.6 Å². The molecule has 0 bridgehead atoms. The van der Waals surface area contributed by atoms with E-state index < -0.39 is 258 Å². The number of hydrogen-bond donors (Lipinski definition) is 23. The molecule has 1 aliphatic rings. The molecule has 0 unspecified atom stereocenters. The number of rotatable bonds is 53. The Morgan fingerprint density at radius 1 is 0.557 bits per heavy atom. The number of hydrogen-bond acceptors (Lipinski definition) is 35. The molecule has 0 fully saturated rings. The van der Waals surface area contributed by atoms with E-state index in [4.69, 9.17) is 11.5 Å². The summed E-state index contributed by atoms with van der Waals surface area (Å²) in [6.45, 7) is 24.0. The molecule has 3 aromatic carbocycles. The van der Waals surface area contributed by atoms with Crippen LogP contribution in [0.25, 0.3) is 10.9 Å². The van der Waals surface area contributed by atoms with E-state index in [1.807, 2.05) is 26.0 Å². The fourth-order valence-corrected chi connectivity index (χ4v) is 16.4. The number of phenolic OH excluding ortho intramolecular Hbond substituents is 1. The number of amides is 6. The SMILES string of the molecule is CC(=O)N[C@@H](CC(C)C)C(=O)N[C@H](C(=O)C(=O)[C@H](Cc1ccccc1)NN[C@]1(C)CCCCCCC=CCCC[C@@](C)(C(=O)CN[C@@H](C)C(=O)CNC(C)(C)C(=O)CC(=O)[C@H](C)NCCC(=O)[C@H](C)NCCC(=O)[C@H](C)NCN[C@H](C)C(N)=O)NC(=O)[C@H](CC(C)C)NN[C@@H](CCC(N)=O)C(=O)CN[C@@H](C)C(=O)CC(=O)[C@H](Cc2c[nH]c3ccccc23)NN[C@@H](Cc2ccc(O)cc2)C(=O)N[C@@H](CCC(=O)O)C(=O)C1=O)[C@@H](C)O. The maximum Gasteiger partial charge on any atom is 0.303 e. The van der Waals surface area contributed by atoms with Gasteiger partial charge in [0, 0.05) is 69.5 Å². The van der Waals surface area contributed by atoms with Gasteiger partial charge in [-0.3, -0.25) is 112 Å². The molecule has 43 heteroatoms. The molecule has 0 saturated heterocycles. The van der Waals surface area contributed by atoms with Gasteiger partial charge in [0.25, 0.3) is 0 Å². The summed E-state index contributed by atoms with van der Waals surface area (Å²) >= 11 is 0. The van der Waals surface area contributed by atoms with Crippen LogP contribution in [0.1, 0.15) is 249 Å². The van der Waals surface area contributed by atoms with Gasteiger partial charge in [-0.15, -0.1) is 0 Å². The number of Topliss-reactive ketones (excluding diaryl/α,β-unsaturated/α-hetero) is 13. The van der Waals surface area contributed by atoms with Crippen molar-refractivity contribution in [2.45, 2.75) is 359 Å². The fourth-order valence-electron chi connectivity index (χ4n) is 16.4. The van der Waals surface area contributed by atoms with Crippen LogP contribution in [0.15, 0.2) is 97.2 Å². The Kier molecular flexibility index (Phi) is 54.8. The number of carbonyl (C=O) groups is 20. The summed E-state index contributed by atoms with van der Waals surface area (Å²) in [5, 5.41) is 63.7. The van der Waals surface area contributed by atoms with E-state index in [-0.39, 0.29) is 126 Å². The molecule has 0 aliphatic carbocycles. The molecule has 6 amide bonds. The van der Waals surface area contributed by atoms with Gasteiger partial charge in [-0.1, -0.05) is 120 Å². The summed E-state index contributed by atoms with van der Waals surface area (Å²) in [6.07, 6.45) is 2.66. The Balaban J connectivity index is 1.49. The molecule has 4 aromatic rings. The van der Waals surface area contributed by atoms with Gasteiger partial charge in [0.05, 0.1) is 116 Å². The number of hydrazine groups is 3. The Morgan fingerprint density at radius 3 is 1.76 bits per heavy atom. The van der Waals surface area contributed by atoms with Crippen LogP contribution < -0.4 is 103 Å². The zero-order chi connectivity index (χ0) is 111. The number of ketones is 13. The second-order valence-electron chi connectivity index (χ2n) is 40.8. The number of aliphatic carboxylic acids is 1. The average Bonchev–Trinajstić information content (AvgIpc) is 1.78. The molecular formula is C106H162N20O23. The zero-order valence-electron chi connectivity index (χ0n) is 89.0. The minimum Gasteiger partial charge on any atom is -0.508 e. The largest absolute Gasteiger partial charge is 0.508 e. The van der Waals surface area contributed by atoms with Crippen molar-refractivity contribution in [2.24, 2.45) is 23.3 Å². The molecule has 43 nitrogen and oxygen atoms in total. The van der Waals surface area contributed by atoms with E-state index in [1.165, 1.54) is 79.7 Å². The quantitative estimate of drug-likeness (QED) is 0.00978. The minimum atomic E-state index is -2.10. The Bertz CT molecular complexity index is 5220. The zero-order valence-corrected chi connectivity index (χ0v) is 89.0. The first-order valence-electron chi connectivity index (χ1n) is 51.5. The molecular weight excluding hydrogens is 1920 g/mol. The number of fused-ring (bicyclic) bond motifs is 1. The van der Waals surface area contributed by atoms with Crippen LogP contribution in [0.4, 0.5) is 0 Å². The number of carboxylic acid groups (broad SMARTS) is 1. The van der Waals surface area contributed by atoms with Gasteiger partial charge < -0.3 is 74.3 Å². The van der Waals surface area contributed by atoms with Crippen LogP contribution in [0.2, 0.25) is 0 Å². The normalized spacial score (nSPS) is 21.5. The Hall–Kier alpha value is -11.8. The standard InChI is InChI=1S/C106H162N20O23/c1-61(2)49-81(117-70(12)128)101(147)119-95(69(11)127)98(144)96(142)80(51-71-31-25-24-26-32-71)125-126-106(16)46-30-23-21-19-17-18-20-22-29-45-105(15,92(138)59-112-67(9)89(135)58-116-104(13,14)91(137)55-87(133)65(7)110-48-43-84(130)63(5)109-47-44-85(131)64(6)114-60-115-68(10)100(108)146)120-103(149)82(50-62(3)4)123-121-77(39-41-93(107)139)90(136)57-111-66(8)86(132)54-88(134)79(53-73-56-113-76-34-28-27-33-75(73)76)122-124-83(52-72-35-37-74(129)38-36-72)102(148)118-78(40-42-94(140)141)97(143)99(106)145/h18,20,24-28,31-38,56,61-69,77-83,95,109-116,121-127,129H,17,19,21-23,29-30,39-55,57-60H2,1-16H3,(H2,107,139)(H2,108,146)(H,117,128)(H,118,148)(H,119,147)(H,120,149)(H,140,141)/t63-,64-,65-,66-,67-,68+,69+,77-,78-,79-,80-,81-,82-,83-,95-,105-,106+/m0/s1. The first-order chi connectivity index (χ1) is 70.1. The summed E-state index contributed by atoms with van der Waals surface area (Å²) in [6, 6.07) is 4.21. The second kappa shape index (κ2) is 64.0. The maximum absolute atomic E-state index is 15.7. The van der Waals surface area contributed by atoms with Gasteiger partial charge in [0.1, 0.15) is 29.9 Å². The Morgan fingerprint density at radius 2 is 1.14 bits per heavy atom. The number of primary amides is 2. The van der Waals surface area contributed by atoms with Gasteiger partial charge in [-0.2, -0.15) is 0 Å². The number of para-hydroxylation sites is 1. The van der Waals surface area contributed by atoms with Crippen LogP contribution in [0.5, 0.6) is 5.75 Å². The number of phenols is 1. The number of carboxylic acids is 1. The molecule has 5 rings (SSSR count). The summed E-state index contributed by atoms with van der Waals surface area (Å²) < 4.78 is 0. The molecule has 1 aliphatic heterocycles. The van der Waals surface area contributed by atoms with Gasteiger partial charge in [-0.05, 0) is 206 Å². The van der Waals surface area contributed by atoms with Crippen molar-refractivity contribution in [1.82, 2.24) is 96.0 Å². The van der Waals surface area contributed by atoms with Crippen molar-refractivity contribution in [2.75, 3.05) is 39.4 Å². The van der Waals surface area contributed by atoms with Gasteiger partial charge >= 0.3 is 5.97 Å². The highest BCUT2D eigenvalue weighted by Crippen LogP contribution is 2.26. The first-order valence-corrected chi connectivity index (χ1v) is 51.5. The van der Waals surface area contributed by atoms with Gasteiger partial charge in [0.15, 0.2) is 52.0 Å². The number of aliphatic hydroxyl groups is 1. The van der Waals surface area contributed by atoms with Crippen LogP contribution in [-0.2, 0) is 115 Å². The van der Waals surface area contributed by atoms with Crippen LogP contribution in [0, 0.1) is 11.8 Å². The number of benzene rings is 3. The molecule has 824 valence electrons. The van der Waals surface area contributed by atoms with E-state index in [9.17, 15) is 87.2 Å². The average molecular weight is 2080 g/mol. The van der Waals surface area contributed by atoms with E-state index in [2.05, 4.69) is 96.0 Å². The summed E-state index contributed by atoms with van der Waals surface area (Å²) in [4.78, 5) is 283. The van der Waals surface area contributed by atoms with E-state index >= 15 is 24.0 Å². The van der Waals surface area contributed by atoms with Crippen LogP contribution in [0.3, 0.4) is 0 Å². The number of aromatic hydroxyl groups is 1. The number of carbonyl (C=O) groups excluding carboxylic acids is 19. The topological polar surface area (TPSA) is 674 Å². The molecule has 149 heavy (non-hydrogen) atoms. The number of nitrogens with one attached hydrogen (secondary N) is 18. The van der Waals surface area contributed by atoms with Crippen molar-refractivity contribution in [3.63, 3.8) is 0 Å². The smallest absolute Gasteiger partial charge is 0.303 e. The molecule has 25 N–H and O–H groups in total. The third-order valence-corrected chi connectivity index (χ3v) is 26.5. The van der Waals surface area contributed by atoms with E-state index in [1.54, 1.807) is 102 Å². The van der Waals surface area contributed by atoms with E-state index in [0.717, 1.165) is 0 Å². The minimum absolute atomic E-state index is 0.0253. The number of aromatic amines is 1. The lowest BCUT2D eigenvalue weighted by atomic mass is 9.85. The third-order valence-electron chi connectivity index (χ3n) is 26.5. The predicted molar refractivity (Wildman–Crippen MR) is 559 cm³/mol. The summed E-state index contributed by atoms with van der Waals surface area (Å²) in [5.74, 6) is -15.9. The first kappa shape index (κ1) is 128. The van der Waals surface area contributed by atoms with Crippen molar-refractivity contribution in [1.29, 1.82) is 0 Å². The predicted octanol–water partition coefficient (Wildman–Crippen LogP) is 1.46. The lowest BCUT2D eigenvalue weighted by molar-refractivity contribution is -0.144. The lowest BCUT2D eigenvalue weighted by Crippen LogP contribution is -2.65. The lowest BCUT2D eigenvalue weighted by Gasteiger charge is -2.33. The molecule has 0 saturated carbocycles. The maximum atomic E-state index is 15.7. The number of aromatic nitrogens is 1. The van der Waals surface area contributed by atoms with Crippen molar-refractivity contribution >= 4 is 127 Å². The van der Waals surface area contributed by atoms with Crippen molar-refractivity contribution in [3.8, 4) is 5.75 Å². The van der Waals surface area contributed by atoms with Gasteiger partial charge in [0.2, 0.25) is 58.6 Å². The third kappa shape index (κ3) is 45.1. The summed E-state index contributed by atoms with van der Waals surface area (Å²) in [7, 11) is 0. The highest BCUT2D eigenvalue weighted by molar-refractivity contribution is 6.43. The van der Waals surface area contributed by atoms with Crippen molar-refractivity contribution in [3.05, 3.63) is 114 Å². The molecule has 17 atom stereocenters. The molecule has 1 aromatic heterocycles. The highest BCUT2D eigenvalue weighted by Gasteiger charge is 2.45. The second-order valence-corrected chi connectivity index (χ2v) is 40.8. The summed E-state index contributed by atoms with van der Waals surface area (Å²) in [5.41, 5.74) is 25.4. The molecule has 2 heterocycles. The number of allylic oxidation sites excluding steroid dienone is 2. The fraction of sp³-hybridized carbons (Fsp3) is 0.604. The molecule has 0 radical (unpaired) electrons. The van der Waals surface area contributed by atoms with Crippen molar-refractivity contribution < 1.29 is 111 Å². The number of nitrogens with two attached hydrogens (primary N) is 2.